The Labute approximate surface area is 152 Å². The second-order valence-corrected chi connectivity index (χ2v) is 3.68. The molecule has 0 bridgehead atoms. The Kier molecular flexibility index (Phi) is 20.6. The molecule has 4 N–H and O–H groups in total. The monoisotopic (exact) mass is 336 g/mol. The van der Waals surface area contributed by atoms with Crippen molar-refractivity contribution in [3.05, 3.63) is 0 Å². The molecule has 0 aliphatic heterocycles. The molecule has 0 aromatic heterocycles. The van der Waals surface area contributed by atoms with Gasteiger partial charge in [0.2, 0.25) is 0 Å². The zero-order valence-electron chi connectivity index (χ0n) is 3.91. The number of rotatable bonds is 2. The molecule has 0 saturated carbocycles. The Hall–Kier alpha value is 3.77. The summed E-state index contributed by atoms with van der Waals surface area (Å²) in [7, 11) is -10.1. The molecule has 0 radical (unpaired) electrons. The molecule has 0 aromatic carbocycles. The molecule has 0 rings (SSSR count). The first-order valence-corrected chi connectivity index (χ1v) is 4.59. The quantitative estimate of drug-likeness (QED) is 0.304. The van der Waals surface area contributed by atoms with E-state index in [0.717, 1.165) is 0 Å². The van der Waals surface area contributed by atoms with Gasteiger partial charge in [0.25, 0.3) is 0 Å². The van der Waals surface area contributed by atoms with E-state index in [0.29, 0.717) is 0 Å². The van der Waals surface area contributed by atoms with Gasteiger partial charge in [0.05, 0.1) is 0 Å². The van der Waals surface area contributed by atoms with Crippen molar-refractivity contribution in [1.82, 2.24) is 0 Å². The summed E-state index contributed by atoms with van der Waals surface area (Å²) >= 11 is 0. The van der Waals surface area contributed by atoms with Crippen LogP contribution in [0.1, 0.15) is 0 Å². The summed E-state index contributed by atoms with van der Waals surface area (Å²) in [5, 5.41) is 0. The molecule has 0 spiro atoms. The molecular formula is H10CaMgO7P2Sr. The van der Waals surface area contributed by atoms with Crippen LogP contribution < -0.4 is 0 Å². The zero-order valence-corrected chi connectivity index (χ0v) is 5.70. The van der Waals surface area contributed by atoms with E-state index in [1.807, 2.05) is 0 Å². The van der Waals surface area contributed by atoms with Crippen LogP contribution in [0, 0.1) is 0 Å². The molecular weight excluding hydrogens is 326 g/mol. The van der Waals surface area contributed by atoms with E-state index in [2.05, 4.69) is 4.31 Å². The molecule has 0 aliphatic rings. The Morgan fingerprint density at radius 2 is 1.08 bits per heavy atom. The van der Waals surface area contributed by atoms with Gasteiger partial charge in [-0.1, -0.05) is 0 Å². The summed E-state index contributed by atoms with van der Waals surface area (Å²) in [4.78, 5) is 31.0. The van der Waals surface area contributed by atoms with E-state index in [1.165, 1.54) is 0 Å². The first-order chi connectivity index (χ1) is 3.71. The fourth-order valence-electron chi connectivity index (χ4n) is 0.139. The van der Waals surface area contributed by atoms with Gasteiger partial charge in [0.1, 0.15) is 0 Å². The summed E-state index contributed by atoms with van der Waals surface area (Å²) in [6.45, 7) is 0. The fourth-order valence-corrected chi connectivity index (χ4v) is 1.25. The van der Waals surface area contributed by atoms with Crippen molar-refractivity contribution in [2.75, 3.05) is 0 Å². The van der Waals surface area contributed by atoms with Gasteiger partial charge in [-0.05, 0) is 0 Å². The molecule has 0 aliphatic carbocycles. The van der Waals surface area contributed by atoms with Gasteiger partial charge in [0, 0.05) is 0 Å². The minimum absolute atomic E-state index is 0. The number of hydrogen-bond acceptors (Lipinski definition) is 3. The van der Waals surface area contributed by atoms with Crippen molar-refractivity contribution in [1.29, 1.82) is 0 Å². The van der Waals surface area contributed by atoms with Crippen LogP contribution in [0.3, 0.4) is 0 Å². The molecule has 68 valence electrons. The SMILES string of the molecule is O=P(O)(O)OP(=O)(O)O.[CaH2].[MgH2].[SrH2]. The van der Waals surface area contributed by atoms with Crippen LogP contribution in [0.4, 0.5) is 0 Å². The van der Waals surface area contributed by atoms with Crippen LogP contribution in [-0.4, -0.2) is 126 Å². The summed E-state index contributed by atoms with van der Waals surface area (Å²) in [6.07, 6.45) is 0. The predicted molar refractivity (Wildman–Crippen MR) is 50.8 cm³/mol. The van der Waals surface area contributed by atoms with Crippen molar-refractivity contribution in [3.8, 4) is 0 Å². The van der Waals surface area contributed by atoms with Crippen LogP contribution >= 0.6 is 15.6 Å². The molecule has 0 atom stereocenters. The maximum atomic E-state index is 9.63. The van der Waals surface area contributed by atoms with Crippen LogP contribution in [0.2, 0.25) is 0 Å². The van der Waals surface area contributed by atoms with E-state index in [4.69, 9.17) is 19.6 Å². The molecule has 0 fully saturated rings. The Morgan fingerprint density at radius 1 is 0.917 bits per heavy atom. The molecule has 0 unspecified atom stereocenters. The topological polar surface area (TPSA) is 124 Å². The van der Waals surface area contributed by atoms with Crippen molar-refractivity contribution in [2.45, 2.75) is 0 Å². The van der Waals surface area contributed by atoms with Gasteiger partial charge < -0.3 is 19.6 Å². The van der Waals surface area contributed by atoms with E-state index in [9.17, 15) is 9.13 Å². The number of hydrogen-bond donors (Lipinski definition) is 4. The van der Waals surface area contributed by atoms with Gasteiger partial charge in [-0.2, -0.15) is 4.31 Å². The maximum absolute atomic E-state index is 9.63. The van der Waals surface area contributed by atoms with Crippen molar-refractivity contribution < 1.29 is 33.0 Å². The summed E-state index contributed by atoms with van der Waals surface area (Å²) in [5.41, 5.74) is 0. The van der Waals surface area contributed by atoms with E-state index < -0.39 is 15.6 Å². The van der Waals surface area contributed by atoms with Gasteiger partial charge in [-0.25, -0.2) is 9.13 Å². The standard InChI is InChI=1S/Ca.Mg.H4O7P2.Sr.6H/c;;1-8(2,3)7-9(4,5)6;;;;;;;/h;;(H2,1,2,3)(H2,4,5,6);;;;;;;. The average Bonchev–Trinajstić information content (AvgIpc) is 1.14. The third kappa shape index (κ3) is 23.5. The van der Waals surface area contributed by atoms with Crippen molar-refractivity contribution in [2.24, 2.45) is 0 Å². The first kappa shape index (κ1) is 24.8. The van der Waals surface area contributed by atoms with E-state index in [1.54, 1.807) is 0 Å². The Morgan fingerprint density at radius 3 is 1.08 bits per heavy atom. The van der Waals surface area contributed by atoms with Gasteiger partial charge in [-0.3, -0.25) is 0 Å². The molecule has 12 heteroatoms. The second kappa shape index (κ2) is 9.95. The molecule has 0 amide bonds. The minimum atomic E-state index is -5.05. The first-order valence-electron chi connectivity index (χ1n) is 1.53. The van der Waals surface area contributed by atoms with Crippen LogP contribution in [0.25, 0.3) is 0 Å². The molecule has 0 saturated heterocycles. The van der Waals surface area contributed by atoms with E-state index >= 15 is 0 Å². The van der Waals surface area contributed by atoms with Gasteiger partial charge >= 0.3 is 122 Å². The average molecular weight is 336 g/mol. The summed E-state index contributed by atoms with van der Waals surface area (Å²) in [6, 6.07) is 0. The third-order valence-electron chi connectivity index (χ3n) is 0.213. The fraction of sp³-hybridized carbons (Fsp3) is 0. The van der Waals surface area contributed by atoms with Crippen molar-refractivity contribution >= 4 is 122 Å². The normalized spacial score (nSPS) is 10.3. The van der Waals surface area contributed by atoms with Crippen LogP contribution in [0.5, 0.6) is 0 Å². The molecule has 12 heavy (non-hydrogen) atoms. The van der Waals surface area contributed by atoms with Gasteiger partial charge in [0.15, 0.2) is 0 Å². The molecule has 7 nitrogen and oxygen atoms in total. The molecule has 0 aromatic rings. The van der Waals surface area contributed by atoms with Gasteiger partial charge in [-0.15, -0.1) is 0 Å². The third-order valence-corrected chi connectivity index (χ3v) is 1.91. The Balaban J connectivity index is -0.000000107. The Bertz CT molecular complexity index is 162. The van der Waals surface area contributed by atoms with Crippen molar-refractivity contribution in [3.63, 3.8) is 0 Å². The summed E-state index contributed by atoms with van der Waals surface area (Å²) < 4.78 is 22.2. The van der Waals surface area contributed by atoms with Crippen LogP contribution in [0.15, 0.2) is 0 Å². The van der Waals surface area contributed by atoms with E-state index in [-0.39, 0.29) is 106 Å². The zero-order chi connectivity index (χ0) is 7.71. The van der Waals surface area contributed by atoms with Crippen LogP contribution in [-0.2, 0) is 13.4 Å². The second-order valence-electron chi connectivity index (χ2n) is 1.06. The number of phosphoric acid groups is 2. The predicted octanol–water partition coefficient (Wildman–Crippen LogP) is -3.56. The molecule has 0 heterocycles. The summed E-state index contributed by atoms with van der Waals surface area (Å²) in [5.74, 6) is 0.